The molecule has 5 nitrogen and oxygen atoms in total. The molecule has 1 heterocycles. The first-order valence-electron chi connectivity index (χ1n) is 5.79. The Morgan fingerprint density at radius 2 is 2.33 bits per heavy atom. The molecule has 94 valence electrons. The van der Waals surface area contributed by atoms with Crippen LogP contribution in [0.5, 0.6) is 0 Å². The minimum absolute atomic E-state index is 0.0687. The summed E-state index contributed by atoms with van der Waals surface area (Å²) in [4.78, 5) is 15.5. The van der Waals surface area contributed by atoms with E-state index in [0.29, 0.717) is 18.7 Å². The van der Waals surface area contributed by atoms with Gasteiger partial charge in [0.2, 0.25) is 0 Å². The number of carbonyl (C=O) groups excluding carboxylic acids is 1. The molecule has 2 N–H and O–H groups in total. The number of nitrogens with zero attached hydrogens (tertiary/aromatic N) is 1. The molecule has 0 unspecified atom stereocenters. The van der Waals surface area contributed by atoms with E-state index in [2.05, 4.69) is 15.6 Å². The Morgan fingerprint density at radius 1 is 1.44 bits per heavy atom. The van der Waals surface area contributed by atoms with Gasteiger partial charge in [0.25, 0.3) is 5.91 Å². The SMILES string of the molecule is CCNC(=O)c1cccc(NCc2cnco2)c1. The average Bonchev–Trinajstić information content (AvgIpc) is 2.90. The average molecular weight is 245 g/mol. The second kappa shape index (κ2) is 5.86. The van der Waals surface area contributed by atoms with Crippen molar-refractivity contribution in [3.05, 3.63) is 48.2 Å². The maximum atomic E-state index is 11.7. The Bertz CT molecular complexity index is 509. The number of anilines is 1. The van der Waals surface area contributed by atoms with Gasteiger partial charge in [-0.25, -0.2) is 4.98 Å². The number of benzene rings is 1. The molecular weight excluding hydrogens is 230 g/mol. The van der Waals surface area contributed by atoms with Gasteiger partial charge in [-0.1, -0.05) is 6.07 Å². The van der Waals surface area contributed by atoms with Crippen molar-refractivity contribution >= 4 is 11.6 Å². The molecule has 1 aromatic carbocycles. The highest BCUT2D eigenvalue weighted by atomic mass is 16.3. The molecule has 18 heavy (non-hydrogen) atoms. The normalized spacial score (nSPS) is 10.1. The standard InChI is InChI=1S/C13H15N3O2/c1-2-15-13(17)10-4-3-5-11(6-10)16-8-12-7-14-9-18-12/h3-7,9,16H,2,8H2,1H3,(H,15,17). The summed E-state index contributed by atoms with van der Waals surface area (Å²) in [7, 11) is 0. The molecular formula is C13H15N3O2. The van der Waals surface area contributed by atoms with Gasteiger partial charge in [-0.3, -0.25) is 4.79 Å². The van der Waals surface area contributed by atoms with E-state index in [-0.39, 0.29) is 5.91 Å². The van der Waals surface area contributed by atoms with E-state index in [1.807, 2.05) is 19.1 Å². The van der Waals surface area contributed by atoms with Crippen molar-refractivity contribution in [2.45, 2.75) is 13.5 Å². The second-order valence-corrected chi connectivity index (χ2v) is 3.76. The van der Waals surface area contributed by atoms with E-state index in [4.69, 9.17) is 4.42 Å². The molecule has 0 bridgehead atoms. The third-order valence-corrected chi connectivity index (χ3v) is 2.41. The lowest BCUT2D eigenvalue weighted by atomic mass is 10.2. The number of hydrogen-bond donors (Lipinski definition) is 2. The van der Waals surface area contributed by atoms with Gasteiger partial charge < -0.3 is 15.1 Å². The molecule has 1 aromatic heterocycles. The first kappa shape index (κ1) is 12.2. The lowest BCUT2D eigenvalue weighted by molar-refractivity contribution is 0.0956. The number of amides is 1. The highest BCUT2D eigenvalue weighted by Crippen LogP contribution is 2.12. The Morgan fingerprint density at radius 3 is 3.06 bits per heavy atom. The number of nitrogens with one attached hydrogen (secondary N) is 2. The maximum Gasteiger partial charge on any atom is 0.251 e. The minimum Gasteiger partial charge on any atom is -0.447 e. The second-order valence-electron chi connectivity index (χ2n) is 3.76. The van der Waals surface area contributed by atoms with Crippen molar-refractivity contribution in [1.82, 2.24) is 10.3 Å². The van der Waals surface area contributed by atoms with Crippen molar-refractivity contribution in [3.8, 4) is 0 Å². The number of oxazole rings is 1. The Kier molecular flexibility index (Phi) is 3.96. The first-order chi connectivity index (χ1) is 8.79. The van der Waals surface area contributed by atoms with Crippen LogP contribution in [0.15, 0.2) is 41.3 Å². The van der Waals surface area contributed by atoms with Crippen LogP contribution in [-0.4, -0.2) is 17.4 Å². The molecule has 0 saturated carbocycles. The van der Waals surface area contributed by atoms with Gasteiger partial charge in [0.15, 0.2) is 6.39 Å². The highest BCUT2D eigenvalue weighted by Gasteiger charge is 2.04. The number of hydrogen-bond acceptors (Lipinski definition) is 4. The summed E-state index contributed by atoms with van der Waals surface area (Å²) in [6, 6.07) is 7.33. The molecule has 0 fully saturated rings. The van der Waals surface area contributed by atoms with Crippen LogP contribution in [0.2, 0.25) is 0 Å². The summed E-state index contributed by atoms with van der Waals surface area (Å²) < 4.78 is 5.12. The summed E-state index contributed by atoms with van der Waals surface area (Å²) >= 11 is 0. The van der Waals surface area contributed by atoms with E-state index in [0.717, 1.165) is 11.4 Å². The Labute approximate surface area is 105 Å². The van der Waals surface area contributed by atoms with Crippen LogP contribution >= 0.6 is 0 Å². The fourth-order valence-electron chi connectivity index (χ4n) is 1.55. The summed E-state index contributed by atoms with van der Waals surface area (Å²) in [5, 5.41) is 5.93. The molecule has 0 atom stereocenters. The molecule has 1 amide bonds. The predicted molar refractivity (Wildman–Crippen MR) is 68.3 cm³/mol. The van der Waals surface area contributed by atoms with Gasteiger partial charge in [0.1, 0.15) is 5.76 Å². The molecule has 0 spiro atoms. The maximum absolute atomic E-state index is 11.7. The van der Waals surface area contributed by atoms with Gasteiger partial charge in [-0.15, -0.1) is 0 Å². The molecule has 5 heteroatoms. The summed E-state index contributed by atoms with van der Waals surface area (Å²) in [5.41, 5.74) is 1.51. The lowest BCUT2D eigenvalue weighted by Crippen LogP contribution is -2.22. The largest absolute Gasteiger partial charge is 0.447 e. The number of carbonyl (C=O) groups is 1. The molecule has 0 aliphatic heterocycles. The van der Waals surface area contributed by atoms with Crippen molar-refractivity contribution < 1.29 is 9.21 Å². The Hall–Kier alpha value is -2.30. The van der Waals surface area contributed by atoms with Crippen molar-refractivity contribution in [2.75, 3.05) is 11.9 Å². The van der Waals surface area contributed by atoms with E-state index in [9.17, 15) is 4.79 Å². The molecule has 2 rings (SSSR count). The van der Waals surface area contributed by atoms with E-state index in [1.54, 1.807) is 18.3 Å². The van der Waals surface area contributed by atoms with Crippen LogP contribution in [0, 0.1) is 0 Å². The van der Waals surface area contributed by atoms with Crippen LogP contribution in [0.1, 0.15) is 23.0 Å². The molecule has 0 radical (unpaired) electrons. The topological polar surface area (TPSA) is 67.2 Å². The summed E-state index contributed by atoms with van der Waals surface area (Å²) in [6.45, 7) is 3.05. The van der Waals surface area contributed by atoms with Crippen LogP contribution in [0.4, 0.5) is 5.69 Å². The third-order valence-electron chi connectivity index (χ3n) is 2.41. The first-order valence-corrected chi connectivity index (χ1v) is 5.79. The van der Waals surface area contributed by atoms with Crippen LogP contribution < -0.4 is 10.6 Å². The fourth-order valence-corrected chi connectivity index (χ4v) is 1.55. The molecule has 2 aromatic rings. The van der Waals surface area contributed by atoms with E-state index >= 15 is 0 Å². The van der Waals surface area contributed by atoms with Gasteiger partial charge in [-0.05, 0) is 25.1 Å². The summed E-state index contributed by atoms with van der Waals surface area (Å²) in [6.07, 6.45) is 3.04. The van der Waals surface area contributed by atoms with Crippen LogP contribution in [0.3, 0.4) is 0 Å². The zero-order chi connectivity index (χ0) is 12.8. The predicted octanol–water partition coefficient (Wildman–Crippen LogP) is 2.04. The highest BCUT2D eigenvalue weighted by molar-refractivity contribution is 5.95. The zero-order valence-electron chi connectivity index (χ0n) is 10.1. The fraction of sp³-hybridized carbons (Fsp3) is 0.231. The molecule has 0 saturated heterocycles. The van der Waals surface area contributed by atoms with E-state index < -0.39 is 0 Å². The summed E-state index contributed by atoms with van der Waals surface area (Å²) in [5.74, 6) is 0.680. The Balaban J connectivity index is 2.01. The number of aromatic nitrogens is 1. The molecule has 0 aliphatic carbocycles. The van der Waals surface area contributed by atoms with Crippen molar-refractivity contribution in [1.29, 1.82) is 0 Å². The number of rotatable bonds is 5. The third kappa shape index (κ3) is 3.10. The quantitative estimate of drug-likeness (QED) is 0.845. The van der Waals surface area contributed by atoms with Crippen molar-refractivity contribution in [2.24, 2.45) is 0 Å². The van der Waals surface area contributed by atoms with Crippen LogP contribution in [-0.2, 0) is 6.54 Å². The molecule has 0 aliphatic rings. The van der Waals surface area contributed by atoms with Gasteiger partial charge in [0.05, 0.1) is 12.7 Å². The lowest BCUT2D eigenvalue weighted by Gasteiger charge is -2.07. The zero-order valence-corrected chi connectivity index (χ0v) is 10.1. The van der Waals surface area contributed by atoms with E-state index in [1.165, 1.54) is 6.39 Å². The van der Waals surface area contributed by atoms with Gasteiger partial charge in [0, 0.05) is 17.8 Å². The van der Waals surface area contributed by atoms with Gasteiger partial charge in [-0.2, -0.15) is 0 Å². The smallest absolute Gasteiger partial charge is 0.251 e. The van der Waals surface area contributed by atoms with Crippen molar-refractivity contribution in [3.63, 3.8) is 0 Å². The van der Waals surface area contributed by atoms with Crippen LogP contribution in [0.25, 0.3) is 0 Å². The monoisotopic (exact) mass is 245 g/mol. The van der Waals surface area contributed by atoms with Gasteiger partial charge >= 0.3 is 0 Å². The minimum atomic E-state index is -0.0687.